The average Bonchev–Trinajstić information content (AvgIpc) is 3.02. The van der Waals surface area contributed by atoms with Crippen molar-refractivity contribution in [2.75, 3.05) is 6.61 Å². The smallest absolute Gasteiger partial charge is 0.213 e. The van der Waals surface area contributed by atoms with Crippen LogP contribution in [0.5, 0.6) is 5.88 Å². The molecular weight excluding hydrogens is 188 g/mol. The fourth-order valence-electron chi connectivity index (χ4n) is 1.48. The number of hydrogen-bond acceptors (Lipinski definition) is 3. The van der Waals surface area contributed by atoms with Crippen molar-refractivity contribution >= 4 is 0 Å². The van der Waals surface area contributed by atoms with Crippen LogP contribution in [-0.4, -0.2) is 11.6 Å². The van der Waals surface area contributed by atoms with Gasteiger partial charge in [-0.25, -0.2) is 4.98 Å². The number of rotatable bonds is 5. The van der Waals surface area contributed by atoms with Crippen molar-refractivity contribution in [3.63, 3.8) is 0 Å². The molecule has 1 aromatic heterocycles. The van der Waals surface area contributed by atoms with Crippen molar-refractivity contribution < 1.29 is 4.74 Å². The fraction of sp³-hybridized carbons (Fsp3) is 0.583. The number of hydrogen-bond donors (Lipinski definition) is 1. The van der Waals surface area contributed by atoms with E-state index in [9.17, 15) is 0 Å². The van der Waals surface area contributed by atoms with Crippen LogP contribution in [0.2, 0.25) is 0 Å². The predicted molar refractivity (Wildman–Crippen MR) is 59.7 cm³/mol. The third kappa shape index (κ3) is 3.20. The molecule has 1 atom stereocenters. The second-order valence-electron chi connectivity index (χ2n) is 4.30. The fourth-order valence-corrected chi connectivity index (χ4v) is 1.48. The molecule has 15 heavy (non-hydrogen) atoms. The van der Waals surface area contributed by atoms with Crippen LogP contribution in [-0.2, 0) is 0 Å². The molecule has 0 spiro atoms. The number of nitrogens with two attached hydrogens (primary N) is 1. The van der Waals surface area contributed by atoms with E-state index < -0.39 is 0 Å². The van der Waals surface area contributed by atoms with Crippen LogP contribution in [0.15, 0.2) is 18.3 Å². The van der Waals surface area contributed by atoms with Crippen LogP contribution >= 0.6 is 0 Å². The van der Waals surface area contributed by atoms with E-state index in [0.29, 0.717) is 5.88 Å². The molecule has 0 amide bonds. The number of ether oxygens (including phenoxy) is 1. The quantitative estimate of drug-likeness (QED) is 0.804. The molecule has 1 aromatic rings. The highest BCUT2D eigenvalue weighted by Gasteiger charge is 2.20. The molecule has 1 aliphatic rings. The van der Waals surface area contributed by atoms with Crippen molar-refractivity contribution in [2.45, 2.75) is 32.2 Å². The standard InChI is InChI=1S/C12H18N2O/c1-9(13)11-4-5-12(14-8-11)15-7-6-10-2-3-10/h4-5,8-10H,2-3,6-7,13H2,1H3. The van der Waals surface area contributed by atoms with Crippen molar-refractivity contribution in [2.24, 2.45) is 11.7 Å². The van der Waals surface area contributed by atoms with Gasteiger partial charge in [0, 0.05) is 18.3 Å². The summed E-state index contributed by atoms with van der Waals surface area (Å²) in [4.78, 5) is 4.21. The van der Waals surface area contributed by atoms with Crippen LogP contribution < -0.4 is 10.5 Å². The summed E-state index contributed by atoms with van der Waals surface area (Å²) in [5.74, 6) is 1.62. The molecule has 1 heterocycles. The molecule has 3 heteroatoms. The van der Waals surface area contributed by atoms with Gasteiger partial charge in [-0.15, -0.1) is 0 Å². The molecule has 0 saturated heterocycles. The number of aromatic nitrogens is 1. The van der Waals surface area contributed by atoms with Gasteiger partial charge in [0.25, 0.3) is 0 Å². The molecule has 0 aliphatic heterocycles. The summed E-state index contributed by atoms with van der Waals surface area (Å²) in [7, 11) is 0. The van der Waals surface area contributed by atoms with Gasteiger partial charge in [0.1, 0.15) is 0 Å². The molecule has 1 fully saturated rings. The van der Waals surface area contributed by atoms with E-state index in [2.05, 4.69) is 4.98 Å². The summed E-state index contributed by atoms with van der Waals surface area (Å²) in [6.45, 7) is 2.74. The van der Waals surface area contributed by atoms with Crippen LogP contribution in [0.3, 0.4) is 0 Å². The van der Waals surface area contributed by atoms with E-state index in [1.807, 2.05) is 19.1 Å². The highest BCUT2D eigenvalue weighted by molar-refractivity contribution is 5.19. The molecule has 0 bridgehead atoms. The van der Waals surface area contributed by atoms with Gasteiger partial charge in [0.2, 0.25) is 5.88 Å². The van der Waals surface area contributed by atoms with Gasteiger partial charge in [-0.1, -0.05) is 18.9 Å². The van der Waals surface area contributed by atoms with Gasteiger partial charge >= 0.3 is 0 Å². The van der Waals surface area contributed by atoms with Crippen LogP contribution in [0.4, 0.5) is 0 Å². The molecule has 0 aromatic carbocycles. The van der Waals surface area contributed by atoms with E-state index in [1.54, 1.807) is 6.20 Å². The van der Waals surface area contributed by atoms with Gasteiger partial charge < -0.3 is 10.5 Å². The van der Waals surface area contributed by atoms with Crippen molar-refractivity contribution in [1.82, 2.24) is 4.98 Å². The lowest BCUT2D eigenvalue weighted by molar-refractivity contribution is 0.291. The Bertz CT molecular complexity index is 304. The zero-order valence-electron chi connectivity index (χ0n) is 9.15. The average molecular weight is 206 g/mol. The second-order valence-corrected chi connectivity index (χ2v) is 4.30. The summed E-state index contributed by atoms with van der Waals surface area (Å²) in [6, 6.07) is 3.91. The molecule has 1 unspecified atom stereocenters. The Labute approximate surface area is 90.7 Å². The summed E-state index contributed by atoms with van der Waals surface area (Å²) in [6.07, 6.45) is 5.70. The molecular formula is C12H18N2O. The topological polar surface area (TPSA) is 48.1 Å². The molecule has 2 N–H and O–H groups in total. The van der Waals surface area contributed by atoms with Crippen LogP contribution in [0.25, 0.3) is 0 Å². The molecule has 1 aliphatic carbocycles. The SMILES string of the molecule is CC(N)c1ccc(OCCC2CC2)nc1. The van der Waals surface area contributed by atoms with Gasteiger partial charge in [-0.3, -0.25) is 0 Å². The van der Waals surface area contributed by atoms with E-state index in [-0.39, 0.29) is 6.04 Å². The van der Waals surface area contributed by atoms with E-state index in [0.717, 1.165) is 24.5 Å². The maximum atomic E-state index is 5.73. The molecule has 2 rings (SSSR count). The van der Waals surface area contributed by atoms with Crippen molar-refractivity contribution in [3.05, 3.63) is 23.9 Å². The summed E-state index contributed by atoms with van der Waals surface area (Å²) < 4.78 is 5.54. The first-order valence-electron chi connectivity index (χ1n) is 5.60. The van der Waals surface area contributed by atoms with E-state index in [4.69, 9.17) is 10.5 Å². The lowest BCUT2D eigenvalue weighted by Crippen LogP contribution is -2.06. The third-order valence-electron chi connectivity index (χ3n) is 2.76. The first-order valence-corrected chi connectivity index (χ1v) is 5.60. The van der Waals surface area contributed by atoms with Crippen molar-refractivity contribution in [3.8, 4) is 5.88 Å². The lowest BCUT2D eigenvalue weighted by Gasteiger charge is -2.07. The Kier molecular flexibility index (Phi) is 3.21. The Morgan fingerprint density at radius 2 is 2.33 bits per heavy atom. The van der Waals surface area contributed by atoms with Gasteiger partial charge in [0.15, 0.2) is 0 Å². The first kappa shape index (κ1) is 10.4. The number of pyridine rings is 1. The highest BCUT2D eigenvalue weighted by Crippen LogP contribution is 2.32. The zero-order chi connectivity index (χ0) is 10.7. The van der Waals surface area contributed by atoms with E-state index in [1.165, 1.54) is 12.8 Å². The van der Waals surface area contributed by atoms with Crippen LogP contribution in [0.1, 0.15) is 37.8 Å². The summed E-state index contributed by atoms with van der Waals surface area (Å²) in [5, 5.41) is 0. The van der Waals surface area contributed by atoms with Gasteiger partial charge in [0.05, 0.1) is 6.61 Å². The largest absolute Gasteiger partial charge is 0.478 e. The number of nitrogens with zero attached hydrogens (tertiary/aromatic N) is 1. The van der Waals surface area contributed by atoms with E-state index >= 15 is 0 Å². The molecule has 3 nitrogen and oxygen atoms in total. The molecule has 1 saturated carbocycles. The summed E-state index contributed by atoms with van der Waals surface area (Å²) in [5.41, 5.74) is 6.78. The summed E-state index contributed by atoms with van der Waals surface area (Å²) >= 11 is 0. The third-order valence-corrected chi connectivity index (χ3v) is 2.76. The maximum absolute atomic E-state index is 5.73. The monoisotopic (exact) mass is 206 g/mol. The van der Waals surface area contributed by atoms with Crippen LogP contribution in [0, 0.1) is 5.92 Å². The van der Waals surface area contributed by atoms with Gasteiger partial charge in [-0.05, 0) is 24.8 Å². The lowest BCUT2D eigenvalue weighted by atomic mass is 10.2. The Morgan fingerprint density at radius 3 is 2.87 bits per heavy atom. The molecule has 82 valence electrons. The second kappa shape index (κ2) is 4.62. The minimum atomic E-state index is 0.0398. The Morgan fingerprint density at radius 1 is 1.53 bits per heavy atom. The van der Waals surface area contributed by atoms with Gasteiger partial charge in [-0.2, -0.15) is 0 Å². The molecule has 0 radical (unpaired) electrons. The zero-order valence-corrected chi connectivity index (χ0v) is 9.15. The minimum Gasteiger partial charge on any atom is -0.478 e. The first-order chi connectivity index (χ1) is 7.25. The maximum Gasteiger partial charge on any atom is 0.213 e. The van der Waals surface area contributed by atoms with Crippen molar-refractivity contribution in [1.29, 1.82) is 0 Å². The Balaban J connectivity index is 1.80. The highest BCUT2D eigenvalue weighted by atomic mass is 16.5. The Hall–Kier alpha value is -1.09. The normalized spacial score (nSPS) is 17.5. The minimum absolute atomic E-state index is 0.0398. The predicted octanol–water partition coefficient (Wildman–Crippen LogP) is 2.28.